The molecular weight excluding hydrogens is 459 g/mol. The predicted molar refractivity (Wildman–Crippen MR) is 133 cm³/mol. The number of pyridine rings is 1. The molecule has 3 aromatic rings. The number of piperidine rings is 1. The summed E-state index contributed by atoms with van der Waals surface area (Å²) >= 11 is 3.13. The van der Waals surface area contributed by atoms with E-state index in [1.807, 2.05) is 13.0 Å². The molecule has 2 aromatic heterocycles. The summed E-state index contributed by atoms with van der Waals surface area (Å²) in [4.78, 5) is 24.6. The average Bonchev–Trinajstić information content (AvgIpc) is 3.46. The molecule has 0 spiro atoms. The highest BCUT2D eigenvalue weighted by Crippen LogP contribution is 2.32. The van der Waals surface area contributed by atoms with Crippen molar-refractivity contribution >= 4 is 50.1 Å². The van der Waals surface area contributed by atoms with Gasteiger partial charge in [0, 0.05) is 18.3 Å². The number of carbonyl (C=O) groups is 1. The number of hydrogen-bond acceptors (Lipinski definition) is 8. The Hall–Kier alpha value is -2.56. The zero-order chi connectivity index (χ0) is 22.9. The van der Waals surface area contributed by atoms with Crippen molar-refractivity contribution in [1.29, 1.82) is 0 Å². The largest absolute Gasteiger partial charge is 0.315 e. The zero-order valence-corrected chi connectivity index (χ0v) is 20.1. The van der Waals surface area contributed by atoms with Gasteiger partial charge >= 0.3 is 0 Å². The number of benzene rings is 1. The third kappa shape index (κ3) is 4.34. The number of amides is 1. The number of aryl methyl sites for hydroxylation is 1. The Kier molecular flexibility index (Phi) is 6.31. The van der Waals surface area contributed by atoms with Gasteiger partial charge < -0.3 is 5.32 Å². The van der Waals surface area contributed by atoms with Crippen molar-refractivity contribution in [3.8, 4) is 0 Å². The number of anilines is 1. The number of thioether (sulfide) groups is 1. The molecule has 0 aliphatic carbocycles. The minimum absolute atomic E-state index is 0.0266. The fourth-order valence-corrected chi connectivity index (χ4v) is 5.92. The molecule has 0 bridgehead atoms. The van der Waals surface area contributed by atoms with Crippen molar-refractivity contribution in [1.82, 2.24) is 20.7 Å². The van der Waals surface area contributed by atoms with Crippen LogP contribution in [0.5, 0.6) is 0 Å². The summed E-state index contributed by atoms with van der Waals surface area (Å²) in [5, 5.41) is 9.49. The predicted octanol–water partition coefficient (Wildman–Crippen LogP) is 4.27. The van der Waals surface area contributed by atoms with Crippen LogP contribution < -0.4 is 15.6 Å². The molecule has 10 heteroatoms. The molecule has 1 amide bonds. The first-order valence-electron chi connectivity index (χ1n) is 11.1. The summed E-state index contributed by atoms with van der Waals surface area (Å²) in [6.45, 7) is 5.53. The number of hydrogen-bond donors (Lipinski definition) is 2. The Bertz CT molecular complexity index is 1220. The van der Waals surface area contributed by atoms with E-state index in [0.717, 1.165) is 40.6 Å². The molecule has 1 aromatic carbocycles. The average molecular weight is 485 g/mol. The van der Waals surface area contributed by atoms with Crippen LogP contribution in [-0.2, 0) is 0 Å². The molecule has 7 nitrogen and oxygen atoms in total. The summed E-state index contributed by atoms with van der Waals surface area (Å²) in [6, 6.07) is 6.50. The quantitative estimate of drug-likeness (QED) is 0.563. The molecule has 1 fully saturated rings. The molecule has 2 aliphatic rings. The maximum Gasteiger partial charge on any atom is 0.262 e. The van der Waals surface area contributed by atoms with Gasteiger partial charge in [0.2, 0.25) is 0 Å². The summed E-state index contributed by atoms with van der Waals surface area (Å²) in [5.41, 5.74) is 4.42. The van der Waals surface area contributed by atoms with Gasteiger partial charge in [0.15, 0.2) is 5.82 Å². The lowest BCUT2D eigenvalue weighted by Crippen LogP contribution is -2.49. The number of carbonyl (C=O) groups excluding carboxylic acids is 1. The second-order valence-corrected chi connectivity index (χ2v) is 10.6. The number of nitrogens with one attached hydrogen (secondary N) is 2. The van der Waals surface area contributed by atoms with E-state index in [9.17, 15) is 4.79 Å². The van der Waals surface area contributed by atoms with Gasteiger partial charge in [0.25, 0.3) is 5.91 Å². The molecular formula is C23H25FN6OS2. The topological polar surface area (TPSA) is 82.5 Å². The SMILES string of the molecule is CCC1NN=C(c2ccc(C(=O)N(c3nccc4sc(C)nc34)[C@@H]3CCCNC3)c(F)c2)S1. The zero-order valence-electron chi connectivity index (χ0n) is 18.5. The number of thiazole rings is 1. The number of nitrogens with zero attached hydrogens (tertiary/aromatic N) is 4. The minimum atomic E-state index is -0.559. The lowest BCUT2D eigenvalue weighted by molar-refractivity contribution is 0.0968. The van der Waals surface area contributed by atoms with E-state index in [1.54, 1.807) is 46.3 Å². The second kappa shape index (κ2) is 9.36. The normalized spacial score (nSPS) is 20.5. The molecule has 33 heavy (non-hydrogen) atoms. The first-order chi connectivity index (χ1) is 16.0. The van der Waals surface area contributed by atoms with Gasteiger partial charge in [-0.1, -0.05) is 24.8 Å². The highest BCUT2D eigenvalue weighted by atomic mass is 32.2. The van der Waals surface area contributed by atoms with E-state index < -0.39 is 11.7 Å². The standard InChI is InChI=1S/C23H25FN6OS2/c1-3-19-28-29-22(33-19)14-6-7-16(17(24)11-14)23(31)30(15-5-4-9-25-12-15)21-20-18(8-10-26-21)32-13(2)27-20/h6-8,10-11,15,19,25,28H,3-5,9,12H2,1-2H3/t15-,19?/m1/s1. The van der Waals surface area contributed by atoms with Crippen molar-refractivity contribution in [3.63, 3.8) is 0 Å². The smallest absolute Gasteiger partial charge is 0.262 e. The molecule has 2 N–H and O–H groups in total. The van der Waals surface area contributed by atoms with Crippen LogP contribution >= 0.6 is 23.1 Å². The van der Waals surface area contributed by atoms with Crippen LogP contribution in [0.3, 0.4) is 0 Å². The monoisotopic (exact) mass is 484 g/mol. The van der Waals surface area contributed by atoms with E-state index in [2.05, 4.69) is 32.7 Å². The van der Waals surface area contributed by atoms with Gasteiger partial charge in [-0.3, -0.25) is 15.1 Å². The highest BCUT2D eigenvalue weighted by molar-refractivity contribution is 8.15. The fourth-order valence-electron chi connectivity index (χ4n) is 4.19. The molecule has 2 atom stereocenters. The van der Waals surface area contributed by atoms with Gasteiger partial charge in [0.05, 0.1) is 26.7 Å². The summed E-state index contributed by atoms with van der Waals surface area (Å²) in [7, 11) is 0. The van der Waals surface area contributed by atoms with Crippen LogP contribution in [0, 0.1) is 12.7 Å². The third-order valence-corrected chi connectivity index (χ3v) is 8.07. The van der Waals surface area contributed by atoms with E-state index in [0.29, 0.717) is 23.4 Å². The summed E-state index contributed by atoms with van der Waals surface area (Å²) < 4.78 is 16.3. The Morgan fingerprint density at radius 3 is 2.94 bits per heavy atom. The number of hydrazone groups is 1. The molecule has 4 heterocycles. The van der Waals surface area contributed by atoms with Gasteiger partial charge in [0.1, 0.15) is 16.4 Å². The van der Waals surface area contributed by atoms with Crippen molar-refractivity contribution in [2.75, 3.05) is 18.0 Å². The van der Waals surface area contributed by atoms with Crippen LogP contribution in [0.25, 0.3) is 10.2 Å². The number of fused-ring (bicyclic) bond motifs is 1. The fraction of sp³-hybridized carbons (Fsp3) is 0.391. The maximum absolute atomic E-state index is 15.3. The number of aromatic nitrogens is 2. The van der Waals surface area contributed by atoms with Gasteiger partial charge in [-0.2, -0.15) is 5.10 Å². The summed E-state index contributed by atoms with van der Waals surface area (Å²) in [5.74, 6) is -0.468. The van der Waals surface area contributed by atoms with Crippen LogP contribution in [-0.4, -0.2) is 45.4 Å². The molecule has 172 valence electrons. The lowest BCUT2D eigenvalue weighted by Gasteiger charge is -2.34. The third-order valence-electron chi connectivity index (χ3n) is 5.86. The first kappa shape index (κ1) is 22.2. The Balaban J connectivity index is 1.52. The van der Waals surface area contributed by atoms with E-state index in [4.69, 9.17) is 0 Å². The second-order valence-electron chi connectivity index (χ2n) is 8.14. The number of halogens is 1. The molecule has 5 rings (SSSR count). The maximum atomic E-state index is 15.3. The van der Waals surface area contributed by atoms with Crippen LogP contribution in [0.4, 0.5) is 10.2 Å². The first-order valence-corrected chi connectivity index (χ1v) is 12.8. The highest BCUT2D eigenvalue weighted by Gasteiger charge is 2.32. The molecule has 1 saturated heterocycles. The van der Waals surface area contributed by atoms with E-state index in [-0.39, 0.29) is 17.0 Å². The molecule has 0 radical (unpaired) electrons. The van der Waals surface area contributed by atoms with Crippen LogP contribution in [0.15, 0.2) is 35.6 Å². The van der Waals surface area contributed by atoms with Crippen molar-refractivity contribution in [2.24, 2.45) is 5.10 Å². The Morgan fingerprint density at radius 2 is 2.21 bits per heavy atom. The molecule has 0 saturated carbocycles. The van der Waals surface area contributed by atoms with Gasteiger partial charge in [-0.05, 0) is 50.9 Å². The van der Waals surface area contributed by atoms with Crippen molar-refractivity contribution in [3.05, 3.63) is 52.4 Å². The summed E-state index contributed by atoms with van der Waals surface area (Å²) in [6.07, 6.45) is 4.36. The van der Waals surface area contributed by atoms with Crippen molar-refractivity contribution < 1.29 is 9.18 Å². The van der Waals surface area contributed by atoms with E-state index >= 15 is 4.39 Å². The Morgan fingerprint density at radius 1 is 1.33 bits per heavy atom. The van der Waals surface area contributed by atoms with Crippen LogP contribution in [0.2, 0.25) is 0 Å². The molecule has 1 unspecified atom stereocenters. The Labute approximate surface area is 199 Å². The van der Waals surface area contributed by atoms with E-state index in [1.165, 1.54) is 6.07 Å². The number of rotatable bonds is 5. The van der Waals surface area contributed by atoms with Gasteiger partial charge in [-0.25, -0.2) is 14.4 Å². The minimum Gasteiger partial charge on any atom is -0.315 e. The molecule has 2 aliphatic heterocycles. The van der Waals surface area contributed by atoms with Crippen LogP contribution in [0.1, 0.15) is 47.1 Å². The van der Waals surface area contributed by atoms with Gasteiger partial charge in [-0.15, -0.1) is 11.3 Å². The lowest BCUT2D eigenvalue weighted by atomic mass is 10.0. The van der Waals surface area contributed by atoms with Crippen molar-refractivity contribution in [2.45, 2.75) is 44.5 Å².